The van der Waals surface area contributed by atoms with Gasteiger partial charge in [-0.25, -0.2) is 4.79 Å². The van der Waals surface area contributed by atoms with Crippen molar-refractivity contribution in [3.8, 4) is 0 Å². The third-order valence-corrected chi connectivity index (χ3v) is 4.36. The Labute approximate surface area is 133 Å². The maximum atomic E-state index is 12.0. The number of thiophene rings is 1. The van der Waals surface area contributed by atoms with E-state index >= 15 is 0 Å². The summed E-state index contributed by atoms with van der Waals surface area (Å²) >= 11 is 1.49. The summed E-state index contributed by atoms with van der Waals surface area (Å²) in [6.07, 6.45) is 1.66. The first-order valence-corrected chi connectivity index (χ1v) is 8.14. The van der Waals surface area contributed by atoms with Crippen molar-refractivity contribution >= 4 is 22.4 Å². The fourth-order valence-electron chi connectivity index (χ4n) is 2.47. The zero-order valence-electron chi connectivity index (χ0n) is 12.2. The molecule has 2 N–H and O–H groups in total. The molecule has 3 rings (SSSR count). The number of furan rings is 1. The monoisotopic (exact) mass is 321 g/mol. The van der Waals surface area contributed by atoms with Crippen LogP contribution in [0.1, 0.15) is 11.8 Å². The average molecular weight is 321 g/mol. The summed E-state index contributed by atoms with van der Waals surface area (Å²) in [5.74, 6) is 0.860. The van der Waals surface area contributed by atoms with Gasteiger partial charge in [-0.05, 0) is 29.6 Å². The fraction of sp³-hybridized carbons (Fsp3) is 0.400. The minimum Gasteiger partial charge on any atom is -0.468 e. The van der Waals surface area contributed by atoms with Gasteiger partial charge in [0.05, 0.1) is 30.5 Å². The zero-order chi connectivity index (χ0) is 15.2. The number of carbonyl (C=O) groups excluding carboxylic acids is 1. The van der Waals surface area contributed by atoms with E-state index in [1.807, 2.05) is 29.6 Å². The lowest BCUT2D eigenvalue weighted by Gasteiger charge is -2.33. The number of morpholine rings is 1. The van der Waals surface area contributed by atoms with Gasteiger partial charge in [-0.3, -0.25) is 10.2 Å². The van der Waals surface area contributed by atoms with E-state index in [1.54, 1.807) is 6.26 Å². The Morgan fingerprint density at radius 3 is 2.86 bits per heavy atom. The molecule has 118 valence electrons. The van der Waals surface area contributed by atoms with Crippen LogP contribution < -0.4 is 10.6 Å². The van der Waals surface area contributed by atoms with Gasteiger partial charge < -0.3 is 14.5 Å². The van der Waals surface area contributed by atoms with Crippen molar-refractivity contribution in [2.45, 2.75) is 6.04 Å². The number of carbonyl (C=O) groups is 1. The minimum absolute atomic E-state index is 0.0213. The molecule has 3 heterocycles. The van der Waals surface area contributed by atoms with Crippen LogP contribution in [0, 0.1) is 0 Å². The lowest BCUT2D eigenvalue weighted by Crippen LogP contribution is -2.44. The van der Waals surface area contributed by atoms with Crippen LogP contribution in [-0.2, 0) is 4.74 Å². The lowest BCUT2D eigenvalue weighted by molar-refractivity contribution is 0.0124. The molecule has 22 heavy (non-hydrogen) atoms. The van der Waals surface area contributed by atoms with E-state index in [9.17, 15) is 4.79 Å². The topological polar surface area (TPSA) is 66.7 Å². The van der Waals surface area contributed by atoms with E-state index < -0.39 is 0 Å². The van der Waals surface area contributed by atoms with Gasteiger partial charge in [-0.2, -0.15) is 0 Å². The summed E-state index contributed by atoms with van der Waals surface area (Å²) in [4.78, 5) is 14.2. The number of nitrogens with zero attached hydrogens (tertiary/aromatic N) is 1. The molecule has 6 nitrogen and oxygen atoms in total. The fourth-order valence-corrected chi connectivity index (χ4v) is 3.09. The molecule has 1 aliphatic heterocycles. The van der Waals surface area contributed by atoms with Gasteiger partial charge in [0.1, 0.15) is 5.76 Å². The van der Waals surface area contributed by atoms with Gasteiger partial charge >= 0.3 is 6.03 Å². The Morgan fingerprint density at radius 1 is 1.32 bits per heavy atom. The predicted molar refractivity (Wildman–Crippen MR) is 85.2 cm³/mol. The maximum absolute atomic E-state index is 12.0. The number of nitrogens with one attached hydrogen (secondary N) is 2. The largest absolute Gasteiger partial charge is 0.468 e. The van der Waals surface area contributed by atoms with Crippen molar-refractivity contribution in [2.75, 3.05) is 38.2 Å². The van der Waals surface area contributed by atoms with Crippen LogP contribution in [0.5, 0.6) is 0 Å². The van der Waals surface area contributed by atoms with Gasteiger partial charge in [-0.15, -0.1) is 11.3 Å². The molecule has 0 radical (unpaired) electrons. The Hall–Kier alpha value is -1.83. The summed E-state index contributed by atoms with van der Waals surface area (Å²) in [5.41, 5.74) is 0. The van der Waals surface area contributed by atoms with E-state index in [2.05, 4.69) is 15.5 Å². The van der Waals surface area contributed by atoms with E-state index in [0.29, 0.717) is 19.8 Å². The standard InChI is InChI=1S/C15H19N3O3S/c19-15(17-14-4-2-10-22-14)16-11-12(13-3-1-7-21-13)18-5-8-20-9-6-18/h1-4,7,10,12H,5-6,8-9,11H2,(H2,16,17,19)/t12-/m1/s1. The van der Waals surface area contributed by atoms with E-state index in [0.717, 1.165) is 23.9 Å². The van der Waals surface area contributed by atoms with Crippen LogP contribution in [0.2, 0.25) is 0 Å². The average Bonchev–Trinajstić information content (AvgIpc) is 3.22. The van der Waals surface area contributed by atoms with Crippen LogP contribution in [0.4, 0.5) is 9.80 Å². The zero-order valence-corrected chi connectivity index (χ0v) is 13.0. The highest BCUT2D eigenvalue weighted by molar-refractivity contribution is 7.14. The van der Waals surface area contributed by atoms with Gasteiger partial charge in [0.2, 0.25) is 0 Å². The van der Waals surface area contributed by atoms with Crippen molar-refractivity contribution < 1.29 is 13.9 Å². The Bertz CT molecular complexity index is 565. The van der Waals surface area contributed by atoms with E-state index in [1.165, 1.54) is 11.3 Å². The second-order valence-corrected chi connectivity index (χ2v) is 5.94. The van der Waals surface area contributed by atoms with Crippen LogP contribution in [0.25, 0.3) is 0 Å². The molecule has 1 aliphatic rings. The second-order valence-electron chi connectivity index (χ2n) is 4.99. The molecule has 1 atom stereocenters. The Kier molecular flexibility index (Phi) is 5.10. The molecule has 7 heteroatoms. The molecule has 1 fully saturated rings. The highest BCUT2D eigenvalue weighted by Gasteiger charge is 2.25. The lowest BCUT2D eigenvalue weighted by atomic mass is 10.1. The van der Waals surface area contributed by atoms with Crippen molar-refractivity contribution in [1.82, 2.24) is 10.2 Å². The van der Waals surface area contributed by atoms with Crippen LogP contribution >= 0.6 is 11.3 Å². The molecule has 0 bridgehead atoms. The van der Waals surface area contributed by atoms with Crippen LogP contribution in [0.3, 0.4) is 0 Å². The number of amides is 2. The minimum atomic E-state index is -0.202. The maximum Gasteiger partial charge on any atom is 0.319 e. The molecule has 2 aromatic rings. The second kappa shape index (κ2) is 7.44. The van der Waals surface area contributed by atoms with E-state index in [4.69, 9.17) is 9.15 Å². The first-order valence-electron chi connectivity index (χ1n) is 7.26. The Morgan fingerprint density at radius 2 is 2.18 bits per heavy atom. The summed E-state index contributed by atoms with van der Waals surface area (Å²) < 4.78 is 10.9. The highest BCUT2D eigenvalue weighted by atomic mass is 32.1. The smallest absolute Gasteiger partial charge is 0.319 e. The molecule has 2 aromatic heterocycles. The van der Waals surface area contributed by atoms with Crippen molar-refractivity contribution in [3.63, 3.8) is 0 Å². The van der Waals surface area contributed by atoms with Crippen molar-refractivity contribution in [1.29, 1.82) is 0 Å². The quantitative estimate of drug-likeness (QED) is 0.888. The molecular formula is C15H19N3O3S. The van der Waals surface area contributed by atoms with Gasteiger partial charge in [-0.1, -0.05) is 0 Å². The van der Waals surface area contributed by atoms with Gasteiger partial charge in [0.15, 0.2) is 0 Å². The summed E-state index contributed by atoms with van der Waals surface area (Å²) in [6.45, 7) is 3.57. The van der Waals surface area contributed by atoms with Crippen LogP contribution in [-0.4, -0.2) is 43.8 Å². The van der Waals surface area contributed by atoms with Crippen LogP contribution in [0.15, 0.2) is 40.3 Å². The summed E-state index contributed by atoms with van der Waals surface area (Å²) in [5, 5.41) is 8.50. The molecule has 0 unspecified atom stereocenters. The first-order chi connectivity index (χ1) is 10.8. The van der Waals surface area contributed by atoms with Gasteiger partial charge in [0, 0.05) is 19.6 Å². The summed E-state index contributed by atoms with van der Waals surface area (Å²) in [7, 11) is 0. The molecular weight excluding hydrogens is 302 g/mol. The summed E-state index contributed by atoms with van der Waals surface area (Å²) in [6, 6.07) is 7.41. The van der Waals surface area contributed by atoms with Gasteiger partial charge in [0.25, 0.3) is 0 Å². The molecule has 1 saturated heterocycles. The molecule has 0 aliphatic carbocycles. The molecule has 0 aromatic carbocycles. The number of urea groups is 1. The number of ether oxygens (including phenoxy) is 1. The van der Waals surface area contributed by atoms with Crippen molar-refractivity contribution in [3.05, 3.63) is 41.7 Å². The first kappa shape index (κ1) is 15.1. The Balaban J connectivity index is 1.59. The molecule has 0 saturated carbocycles. The van der Waals surface area contributed by atoms with E-state index in [-0.39, 0.29) is 12.1 Å². The predicted octanol–water partition coefficient (Wildman–Crippen LogP) is 2.54. The molecule has 2 amide bonds. The number of rotatable bonds is 5. The SMILES string of the molecule is O=C(NC[C@H](c1ccco1)N1CCOCC1)Nc1cccs1. The molecule has 0 spiro atoms. The third-order valence-electron chi connectivity index (χ3n) is 3.57. The number of hydrogen-bond donors (Lipinski definition) is 2. The normalized spacial score (nSPS) is 17.1. The number of hydrogen-bond acceptors (Lipinski definition) is 5. The highest BCUT2D eigenvalue weighted by Crippen LogP contribution is 2.22. The number of anilines is 1. The third kappa shape index (κ3) is 3.88. The van der Waals surface area contributed by atoms with Crippen molar-refractivity contribution in [2.24, 2.45) is 0 Å².